The molecule has 10 aromatic rings. The van der Waals surface area contributed by atoms with Crippen LogP contribution >= 0.6 is 11.6 Å². The van der Waals surface area contributed by atoms with E-state index in [4.69, 9.17) is 41.7 Å². The highest BCUT2D eigenvalue weighted by Crippen LogP contribution is 2.42. The Balaban J connectivity index is 0.000000196. The van der Waals surface area contributed by atoms with Gasteiger partial charge in [-0.3, -0.25) is 19.4 Å². The third kappa shape index (κ3) is 14.7. The molecule has 27 nitrogen and oxygen atoms in total. The Morgan fingerprint density at radius 1 is 0.556 bits per heavy atom. The summed E-state index contributed by atoms with van der Waals surface area (Å²) >= 11 is 6.54. The number of aromatic nitrogens is 14. The third-order valence-corrected chi connectivity index (χ3v) is 13.0. The summed E-state index contributed by atoms with van der Waals surface area (Å²) < 4.78 is 90.8. The Morgan fingerprint density at radius 2 is 1.00 bits per heavy atom. The van der Waals surface area contributed by atoms with E-state index >= 15 is 0 Å². The number of terminal acetylenes is 1. The molecular formula is C51H43ClN18O9S2. The van der Waals surface area contributed by atoms with E-state index in [1.165, 1.54) is 26.6 Å². The molecule has 0 fully saturated rings. The summed E-state index contributed by atoms with van der Waals surface area (Å²) in [4.78, 5) is 26.2. The first-order chi connectivity index (χ1) is 39.4. The molecule has 0 bridgehead atoms. The fourth-order valence-electron chi connectivity index (χ4n) is 7.07. The molecule has 6 heterocycles. The highest BCUT2D eigenvalue weighted by atomic mass is 35.5. The first-order valence-electron chi connectivity index (χ1n) is 23.6. The predicted molar refractivity (Wildman–Crippen MR) is 294 cm³/mol. The summed E-state index contributed by atoms with van der Waals surface area (Å²) in [5, 5.41) is 27.4. The first kappa shape index (κ1) is 55.5. The number of H-pyrrole nitrogens is 2. The fraction of sp³-hybridized carbons (Fsp3) is 0.0980. The van der Waals surface area contributed by atoms with Crippen molar-refractivity contribution >= 4 is 43.7 Å². The largest absolute Gasteiger partial charge is 0.493 e. The van der Waals surface area contributed by atoms with E-state index in [0.29, 0.717) is 34.0 Å². The van der Waals surface area contributed by atoms with Gasteiger partial charge in [0.15, 0.2) is 58.0 Å². The zero-order valence-corrected chi connectivity index (χ0v) is 44.7. The van der Waals surface area contributed by atoms with Crippen LogP contribution < -0.4 is 42.6 Å². The van der Waals surface area contributed by atoms with E-state index in [1.54, 1.807) is 109 Å². The molecule has 0 saturated heterocycles. The summed E-state index contributed by atoms with van der Waals surface area (Å²) in [7, 11) is -5.36. The van der Waals surface area contributed by atoms with E-state index in [1.807, 2.05) is 24.3 Å². The molecule has 0 aliphatic rings. The lowest BCUT2D eigenvalue weighted by Crippen LogP contribution is -2.30. The zero-order chi connectivity index (χ0) is 56.6. The number of tetrazole rings is 2. The minimum absolute atomic E-state index is 0.0235. The Hall–Kier alpha value is -10.2. The molecule has 10 rings (SSSR count). The van der Waals surface area contributed by atoms with Crippen molar-refractivity contribution < 1.29 is 40.5 Å². The molecule has 30 heteroatoms. The number of hydrogen-bond acceptors (Lipinski definition) is 21. The van der Waals surface area contributed by atoms with Crippen molar-refractivity contribution in [1.29, 1.82) is 0 Å². The normalized spacial score (nSPS) is 11.1. The Labute approximate surface area is 466 Å². The molecular weight excluding hydrogens is 1110 g/mol. The lowest BCUT2D eigenvalue weighted by Gasteiger charge is -2.18. The molecule has 0 saturated carbocycles. The standard InChI is InChI=1S/C27H23N9O5S.C24H20ClN9O4S/c1-3-15-40-27-23(41-22-12-8-7-11-21(22)39-2)26(34-42(37,38)29-17-18-9-5-4-6-10-18)30-24(31-27)19-13-14-28-20(16-19)25-32-35-36-33-25;1-37-18-9-5-6-10-19(18)38-20-21(25)28-22(16-11-12-26-17(13-16)23-30-33-34-31-23)29-24(20)32-39(35,36)27-14-15-7-3-2-4-8-15/h1,4-14,16,29H,15,17H2,2H3,(H,30,31,34)(H,32,33,35,36);2-13,27H,14H2,1H3,(H,28,29,32)(H,30,31,33,34). The second-order valence-electron chi connectivity index (χ2n) is 16.2. The smallest absolute Gasteiger partial charge is 0.300 e. The van der Waals surface area contributed by atoms with Gasteiger partial charge in [0.25, 0.3) is 5.88 Å². The second-order valence-corrected chi connectivity index (χ2v) is 19.6. The molecule has 0 amide bonds. The lowest BCUT2D eigenvalue weighted by molar-refractivity contribution is 0.325. The van der Waals surface area contributed by atoms with Gasteiger partial charge in [0.1, 0.15) is 11.4 Å². The minimum atomic E-state index is -4.19. The van der Waals surface area contributed by atoms with E-state index in [-0.39, 0.29) is 88.7 Å². The maximum absolute atomic E-state index is 13.2. The van der Waals surface area contributed by atoms with Gasteiger partial charge in [-0.15, -0.1) is 26.8 Å². The van der Waals surface area contributed by atoms with Crippen LogP contribution in [0, 0.1) is 12.3 Å². The van der Waals surface area contributed by atoms with E-state index < -0.39 is 20.4 Å². The van der Waals surface area contributed by atoms with Crippen LogP contribution in [0.2, 0.25) is 5.15 Å². The highest BCUT2D eigenvalue weighted by molar-refractivity contribution is 7.91. The summed E-state index contributed by atoms with van der Waals surface area (Å²) in [5.41, 5.74) is 3.19. The molecule has 0 spiro atoms. The number of pyridine rings is 2. The van der Waals surface area contributed by atoms with Crippen LogP contribution in [0.5, 0.6) is 40.4 Å². The van der Waals surface area contributed by atoms with Crippen molar-refractivity contribution in [3.8, 4) is 98.5 Å². The maximum Gasteiger partial charge on any atom is 0.300 e. The maximum atomic E-state index is 13.2. The van der Waals surface area contributed by atoms with Crippen molar-refractivity contribution in [3.63, 3.8) is 0 Å². The summed E-state index contributed by atoms with van der Waals surface area (Å²) in [6.07, 6.45) is 8.45. The summed E-state index contributed by atoms with van der Waals surface area (Å²) in [6, 6.07) is 38.1. The molecule has 0 radical (unpaired) electrons. The number of rotatable bonds is 22. The average molecular weight is 1150 g/mol. The van der Waals surface area contributed by atoms with Gasteiger partial charge < -0.3 is 23.7 Å². The molecule has 0 aliphatic carbocycles. The molecule has 0 unspecified atom stereocenters. The van der Waals surface area contributed by atoms with Gasteiger partial charge in [0.2, 0.25) is 23.1 Å². The molecule has 410 valence electrons. The van der Waals surface area contributed by atoms with Crippen LogP contribution in [0.4, 0.5) is 11.6 Å². The quantitative estimate of drug-likeness (QED) is 0.0307. The van der Waals surface area contributed by atoms with Crippen LogP contribution in [0.25, 0.3) is 45.8 Å². The van der Waals surface area contributed by atoms with Crippen LogP contribution in [0.3, 0.4) is 0 Å². The van der Waals surface area contributed by atoms with Crippen LogP contribution in [0.1, 0.15) is 11.1 Å². The van der Waals surface area contributed by atoms with E-state index in [9.17, 15) is 16.8 Å². The summed E-state index contributed by atoms with van der Waals surface area (Å²) in [6.45, 7) is -0.125. The van der Waals surface area contributed by atoms with Gasteiger partial charge >= 0.3 is 20.4 Å². The number of hydrogen-bond donors (Lipinski definition) is 6. The van der Waals surface area contributed by atoms with Crippen LogP contribution in [-0.2, 0) is 33.5 Å². The van der Waals surface area contributed by atoms with Crippen molar-refractivity contribution in [3.05, 3.63) is 162 Å². The predicted octanol–water partition coefficient (Wildman–Crippen LogP) is 6.60. The average Bonchev–Trinajstić information content (AvgIpc) is 4.37. The number of ether oxygens (including phenoxy) is 5. The molecule has 0 atom stereocenters. The monoisotopic (exact) mass is 1150 g/mol. The number of anilines is 2. The van der Waals surface area contributed by atoms with Crippen molar-refractivity contribution in [1.82, 2.24) is 80.6 Å². The van der Waals surface area contributed by atoms with Gasteiger partial charge in [-0.1, -0.05) is 102 Å². The Morgan fingerprint density at radius 3 is 1.46 bits per heavy atom. The Bertz CT molecular complexity index is 4020. The molecule has 0 aliphatic heterocycles. The number of aromatic amines is 2. The molecule has 6 aromatic heterocycles. The van der Waals surface area contributed by atoms with Crippen LogP contribution in [-0.4, -0.2) is 109 Å². The Kier molecular flexibility index (Phi) is 17.8. The second kappa shape index (κ2) is 25.9. The van der Waals surface area contributed by atoms with Crippen LogP contribution in [0.15, 0.2) is 146 Å². The number of para-hydroxylation sites is 4. The van der Waals surface area contributed by atoms with Gasteiger partial charge in [-0.05, 0) is 70.1 Å². The third-order valence-electron chi connectivity index (χ3n) is 10.8. The van der Waals surface area contributed by atoms with Gasteiger partial charge in [-0.25, -0.2) is 15.0 Å². The van der Waals surface area contributed by atoms with Crippen molar-refractivity contribution in [2.45, 2.75) is 13.1 Å². The number of halogens is 1. The van der Waals surface area contributed by atoms with E-state index in [2.05, 4.69) is 96.0 Å². The summed E-state index contributed by atoms with van der Waals surface area (Å²) in [5.74, 6) is 3.52. The highest BCUT2D eigenvalue weighted by Gasteiger charge is 2.26. The number of methoxy groups -OCH3 is 2. The minimum Gasteiger partial charge on any atom is -0.493 e. The number of nitrogens with one attached hydrogen (secondary N) is 6. The lowest BCUT2D eigenvalue weighted by atomic mass is 10.2. The van der Waals surface area contributed by atoms with Gasteiger partial charge in [0.05, 0.1) is 14.2 Å². The van der Waals surface area contributed by atoms with E-state index in [0.717, 1.165) is 11.1 Å². The first-order valence-corrected chi connectivity index (χ1v) is 26.9. The van der Waals surface area contributed by atoms with Gasteiger partial charge in [-0.2, -0.15) is 41.7 Å². The molecule has 81 heavy (non-hydrogen) atoms. The van der Waals surface area contributed by atoms with Crippen molar-refractivity contribution in [2.24, 2.45) is 0 Å². The number of benzene rings is 4. The topological polar surface area (TPSA) is 349 Å². The fourth-order valence-corrected chi connectivity index (χ4v) is 8.92. The van der Waals surface area contributed by atoms with Crippen molar-refractivity contribution in [2.75, 3.05) is 30.3 Å². The van der Waals surface area contributed by atoms with Gasteiger partial charge in [0, 0.05) is 36.6 Å². The zero-order valence-electron chi connectivity index (χ0n) is 42.3. The molecule has 4 aromatic carbocycles. The SMILES string of the molecule is C#CCOc1nc(-c2ccnc(-c3nn[nH]n3)c2)nc(NS(=O)(=O)NCc2ccccc2)c1Oc1ccccc1OC.COc1ccccc1Oc1c(Cl)nc(-c2ccnc(-c3nn[nH]n3)c2)nc1NS(=O)(=O)NCc1ccccc1. The number of nitrogens with zero attached hydrogens (tertiary/aromatic N) is 12. The molecule has 6 N–H and O–H groups in total.